The van der Waals surface area contributed by atoms with Crippen LogP contribution in [0.1, 0.15) is 6.42 Å². The van der Waals surface area contributed by atoms with Gasteiger partial charge in [-0.2, -0.15) is 0 Å². The van der Waals surface area contributed by atoms with Crippen LogP contribution in [-0.4, -0.2) is 42.9 Å². The second-order valence-electron chi connectivity index (χ2n) is 3.92. The van der Waals surface area contributed by atoms with Crippen molar-refractivity contribution in [1.82, 2.24) is 9.55 Å². The summed E-state index contributed by atoms with van der Waals surface area (Å²) >= 11 is 0. The van der Waals surface area contributed by atoms with Crippen LogP contribution in [0.25, 0.3) is 0 Å². The number of aromatic amines is 1. The van der Waals surface area contributed by atoms with Crippen LogP contribution in [0.3, 0.4) is 0 Å². The van der Waals surface area contributed by atoms with E-state index in [0.29, 0.717) is 0 Å². The van der Waals surface area contributed by atoms with Crippen LogP contribution in [0.4, 0.5) is 11.5 Å². The summed E-state index contributed by atoms with van der Waals surface area (Å²) in [6, 6.07) is 0. The minimum atomic E-state index is -0.633. The van der Waals surface area contributed by atoms with Gasteiger partial charge in [0.2, 0.25) is 0 Å². The minimum absolute atomic E-state index is 0.000616. The average molecular weight is 286 g/mol. The van der Waals surface area contributed by atoms with Gasteiger partial charge in [-0.15, -0.1) is 0 Å². The molecular weight excluding hydrogens is 268 g/mol. The van der Waals surface area contributed by atoms with Crippen LogP contribution in [-0.2, 0) is 20.8 Å². The summed E-state index contributed by atoms with van der Waals surface area (Å²) in [5.41, 5.74) is 4.59. The van der Waals surface area contributed by atoms with Gasteiger partial charge in [0.05, 0.1) is 26.7 Å². The first kappa shape index (κ1) is 15.8. The smallest absolute Gasteiger partial charge is 0.330 e. The summed E-state index contributed by atoms with van der Waals surface area (Å²) in [5, 5.41) is 2.72. The first-order valence-electron chi connectivity index (χ1n) is 5.93. The van der Waals surface area contributed by atoms with Crippen molar-refractivity contribution in [3.8, 4) is 0 Å². The summed E-state index contributed by atoms with van der Waals surface area (Å²) in [7, 11) is 2.76. The number of carbonyl (C=O) groups excluding carboxylic acids is 1. The minimum Gasteiger partial charge on any atom is -0.469 e. The van der Waals surface area contributed by atoms with Crippen LogP contribution in [0.5, 0.6) is 0 Å². The van der Waals surface area contributed by atoms with E-state index in [4.69, 9.17) is 10.5 Å². The molecular formula is C11H18N4O5. The highest BCUT2D eigenvalue weighted by molar-refractivity contribution is 5.70. The van der Waals surface area contributed by atoms with E-state index in [-0.39, 0.29) is 37.6 Å². The van der Waals surface area contributed by atoms with Gasteiger partial charge >= 0.3 is 11.7 Å². The number of nitrogens with two attached hydrogens (primary N) is 1. The molecule has 0 aromatic carbocycles. The van der Waals surface area contributed by atoms with E-state index >= 15 is 0 Å². The molecule has 1 heterocycles. The molecule has 9 nitrogen and oxygen atoms in total. The molecule has 0 aliphatic heterocycles. The highest BCUT2D eigenvalue weighted by Crippen LogP contribution is 2.09. The molecule has 0 spiro atoms. The van der Waals surface area contributed by atoms with Crippen molar-refractivity contribution in [2.75, 3.05) is 38.4 Å². The first-order valence-corrected chi connectivity index (χ1v) is 5.93. The topological polar surface area (TPSA) is 128 Å². The highest BCUT2D eigenvalue weighted by Gasteiger charge is 2.12. The summed E-state index contributed by atoms with van der Waals surface area (Å²) in [4.78, 5) is 36.4. The molecule has 0 atom stereocenters. The van der Waals surface area contributed by atoms with Crippen molar-refractivity contribution in [3.63, 3.8) is 0 Å². The van der Waals surface area contributed by atoms with E-state index in [2.05, 4.69) is 15.0 Å². The fourth-order valence-corrected chi connectivity index (χ4v) is 1.55. The molecule has 0 saturated heterocycles. The Labute approximate surface area is 114 Å². The summed E-state index contributed by atoms with van der Waals surface area (Å²) in [6.07, 6.45) is 0.0760. The molecule has 0 fully saturated rings. The van der Waals surface area contributed by atoms with Crippen molar-refractivity contribution < 1.29 is 14.3 Å². The fourth-order valence-electron chi connectivity index (χ4n) is 1.55. The number of methoxy groups -OCH3 is 2. The molecule has 0 amide bonds. The van der Waals surface area contributed by atoms with Gasteiger partial charge in [-0.1, -0.05) is 0 Å². The van der Waals surface area contributed by atoms with Gasteiger partial charge in [0.25, 0.3) is 5.56 Å². The first-order chi connectivity index (χ1) is 9.51. The molecule has 9 heteroatoms. The molecule has 1 aromatic heterocycles. The summed E-state index contributed by atoms with van der Waals surface area (Å²) in [5.74, 6) is -0.416. The van der Waals surface area contributed by atoms with E-state index < -0.39 is 17.2 Å². The van der Waals surface area contributed by atoms with E-state index in [1.54, 1.807) is 0 Å². The Hall–Kier alpha value is -2.29. The van der Waals surface area contributed by atoms with Crippen molar-refractivity contribution in [2.45, 2.75) is 13.0 Å². The average Bonchev–Trinajstić information content (AvgIpc) is 2.41. The Morgan fingerprint density at radius 2 is 2.10 bits per heavy atom. The summed E-state index contributed by atoms with van der Waals surface area (Å²) in [6.45, 7) is 0.657. The standard InChI is InChI=1S/C11H18N4O5/c1-19-6-5-15-9(12)8(10(17)14-11(15)18)13-4-3-7(16)20-2/h13H,3-6,12H2,1-2H3,(H,14,17,18). The fraction of sp³-hybridized carbons (Fsp3) is 0.545. The largest absolute Gasteiger partial charge is 0.469 e. The third-order valence-corrected chi connectivity index (χ3v) is 2.62. The van der Waals surface area contributed by atoms with Gasteiger partial charge < -0.3 is 20.5 Å². The van der Waals surface area contributed by atoms with Gasteiger partial charge in [0.15, 0.2) is 0 Å². The number of carbonyl (C=O) groups is 1. The zero-order valence-electron chi connectivity index (χ0n) is 11.4. The predicted molar refractivity (Wildman–Crippen MR) is 72.7 cm³/mol. The normalized spacial score (nSPS) is 10.3. The second-order valence-corrected chi connectivity index (χ2v) is 3.92. The van der Waals surface area contributed by atoms with Crippen molar-refractivity contribution >= 4 is 17.5 Å². The van der Waals surface area contributed by atoms with Crippen LogP contribution in [0.2, 0.25) is 0 Å². The van der Waals surface area contributed by atoms with E-state index in [1.807, 2.05) is 0 Å². The number of ether oxygens (including phenoxy) is 2. The monoisotopic (exact) mass is 286 g/mol. The van der Waals surface area contributed by atoms with Crippen LogP contribution < -0.4 is 22.3 Å². The maximum absolute atomic E-state index is 11.7. The molecule has 0 saturated carbocycles. The number of hydrogen-bond acceptors (Lipinski definition) is 7. The van der Waals surface area contributed by atoms with Crippen molar-refractivity contribution in [1.29, 1.82) is 0 Å². The molecule has 20 heavy (non-hydrogen) atoms. The van der Waals surface area contributed by atoms with Gasteiger partial charge in [0, 0.05) is 13.7 Å². The Bertz CT molecular complexity index is 577. The van der Waals surface area contributed by atoms with Gasteiger partial charge in [-0.3, -0.25) is 19.1 Å². The predicted octanol–water partition coefficient (Wildman–Crippen LogP) is -1.26. The zero-order valence-corrected chi connectivity index (χ0v) is 11.4. The molecule has 4 N–H and O–H groups in total. The van der Waals surface area contributed by atoms with Gasteiger partial charge in [-0.25, -0.2) is 4.79 Å². The zero-order chi connectivity index (χ0) is 15.1. The highest BCUT2D eigenvalue weighted by atomic mass is 16.5. The lowest BCUT2D eigenvalue weighted by Crippen LogP contribution is -2.35. The van der Waals surface area contributed by atoms with Crippen LogP contribution in [0.15, 0.2) is 9.59 Å². The van der Waals surface area contributed by atoms with Crippen molar-refractivity contribution in [2.24, 2.45) is 0 Å². The van der Waals surface area contributed by atoms with Gasteiger partial charge in [-0.05, 0) is 0 Å². The number of H-pyrrole nitrogens is 1. The van der Waals surface area contributed by atoms with Crippen LogP contribution >= 0.6 is 0 Å². The van der Waals surface area contributed by atoms with Crippen LogP contribution in [0, 0.1) is 0 Å². The SMILES string of the molecule is COCCn1c(N)c(NCCC(=O)OC)c(=O)[nH]c1=O. The number of hydrogen-bond donors (Lipinski definition) is 3. The maximum Gasteiger partial charge on any atom is 0.330 e. The van der Waals surface area contributed by atoms with Gasteiger partial charge in [0.1, 0.15) is 11.5 Å². The van der Waals surface area contributed by atoms with E-state index in [1.165, 1.54) is 18.8 Å². The third kappa shape index (κ3) is 3.85. The number of aromatic nitrogens is 2. The Morgan fingerprint density at radius 1 is 1.40 bits per heavy atom. The molecule has 0 radical (unpaired) electrons. The van der Waals surface area contributed by atoms with E-state index in [0.717, 1.165) is 0 Å². The summed E-state index contributed by atoms with van der Waals surface area (Å²) < 4.78 is 10.5. The maximum atomic E-state index is 11.7. The number of nitrogen functional groups attached to an aromatic ring is 1. The van der Waals surface area contributed by atoms with E-state index in [9.17, 15) is 14.4 Å². The Morgan fingerprint density at radius 3 is 2.70 bits per heavy atom. The molecule has 1 aromatic rings. The lowest BCUT2D eigenvalue weighted by molar-refractivity contribution is -0.140. The lowest BCUT2D eigenvalue weighted by atomic mass is 10.4. The third-order valence-electron chi connectivity index (χ3n) is 2.62. The quantitative estimate of drug-likeness (QED) is 0.533. The lowest BCUT2D eigenvalue weighted by Gasteiger charge is -2.13. The number of nitrogens with one attached hydrogen (secondary N) is 2. The molecule has 0 unspecified atom stereocenters. The number of rotatable bonds is 7. The molecule has 1 rings (SSSR count). The molecule has 0 bridgehead atoms. The van der Waals surface area contributed by atoms with Crippen molar-refractivity contribution in [3.05, 3.63) is 20.8 Å². The second kappa shape index (κ2) is 7.34. The molecule has 112 valence electrons. The number of nitrogens with zero attached hydrogens (tertiary/aromatic N) is 1. The number of anilines is 2. The number of esters is 1. The molecule has 0 aliphatic rings. The Kier molecular flexibility index (Phi) is 5.78. The molecule has 0 aliphatic carbocycles. The Balaban J connectivity index is 2.92.